The van der Waals surface area contributed by atoms with E-state index in [1.165, 1.54) is 6.07 Å². The zero-order valence-electron chi connectivity index (χ0n) is 12.4. The van der Waals surface area contributed by atoms with Gasteiger partial charge in [-0.2, -0.15) is 0 Å². The molecule has 0 radical (unpaired) electrons. The van der Waals surface area contributed by atoms with Gasteiger partial charge in [0.2, 0.25) is 0 Å². The maximum Gasteiger partial charge on any atom is 0.339 e. The molecule has 1 aliphatic heterocycles. The Morgan fingerprint density at radius 1 is 1.39 bits per heavy atom. The van der Waals surface area contributed by atoms with E-state index in [0.29, 0.717) is 23.0 Å². The monoisotopic (exact) mass is 333 g/mol. The molecule has 1 atom stereocenters. The van der Waals surface area contributed by atoms with Crippen LogP contribution in [0.2, 0.25) is 0 Å². The molecule has 1 aliphatic rings. The molecule has 23 heavy (non-hydrogen) atoms. The van der Waals surface area contributed by atoms with Crippen molar-refractivity contribution in [3.63, 3.8) is 0 Å². The molecule has 1 amide bonds. The first-order chi connectivity index (χ1) is 11.0. The van der Waals surface area contributed by atoms with Crippen molar-refractivity contribution < 1.29 is 23.8 Å². The average molecular weight is 333 g/mol. The van der Waals surface area contributed by atoms with Gasteiger partial charge in [0.15, 0.2) is 6.10 Å². The van der Waals surface area contributed by atoms with Crippen LogP contribution >= 0.6 is 11.8 Å². The summed E-state index contributed by atoms with van der Waals surface area (Å²) in [6, 6.07) is 8.99. The number of ether oxygens (including phenoxy) is 1. The van der Waals surface area contributed by atoms with Gasteiger partial charge in [0.05, 0.1) is 6.54 Å². The molecule has 1 aromatic heterocycles. The summed E-state index contributed by atoms with van der Waals surface area (Å²) in [6.45, 7) is 1.70. The molecule has 3 rings (SSSR count). The van der Waals surface area contributed by atoms with Crippen LogP contribution in [-0.2, 0) is 11.3 Å². The number of fused-ring (bicyclic) bond motifs is 1. The van der Waals surface area contributed by atoms with Crippen molar-refractivity contribution in [1.29, 1.82) is 0 Å². The van der Waals surface area contributed by atoms with Crippen molar-refractivity contribution in [3.05, 3.63) is 47.4 Å². The molecule has 0 bridgehead atoms. The molecular formula is C16H15NO5S. The standard InChI is InChI=1S/C16H15NO5S/c1-9-11(16(19)20)6-10(21-9)7-17-15(18)13-8-23-14-5-3-2-4-12(14)22-13/h2-6,13H,7-8H2,1H3,(H,17,18)(H,19,20)/t13-/m1/s1. The summed E-state index contributed by atoms with van der Waals surface area (Å²) >= 11 is 1.57. The smallest absolute Gasteiger partial charge is 0.339 e. The van der Waals surface area contributed by atoms with Gasteiger partial charge in [-0.1, -0.05) is 12.1 Å². The van der Waals surface area contributed by atoms with Crippen molar-refractivity contribution >= 4 is 23.6 Å². The molecule has 2 aromatic rings. The molecule has 6 nitrogen and oxygen atoms in total. The molecule has 0 unspecified atom stereocenters. The van der Waals surface area contributed by atoms with E-state index in [2.05, 4.69) is 5.32 Å². The highest BCUT2D eigenvalue weighted by molar-refractivity contribution is 7.99. The molecular weight excluding hydrogens is 318 g/mol. The van der Waals surface area contributed by atoms with Crippen molar-refractivity contribution in [3.8, 4) is 5.75 Å². The second kappa shape index (κ2) is 6.37. The lowest BCUT2D eigenvalue weighted by Gasteiger charge is -2.24. The summed E-state index contributed by atoms with van der Waals surface area (Å²) in [6.07, 6.45) is -0.579. The number of para-hydroxylation sites is 1. The summed E-state index contributed by atoms with van der Waals surface area (Å²) in [5, 5.41) is 11.7. The number of aromatic carboxylic acids is 1. The number of rotatable bonds is 4. The van der Waals surface area contributed by atoms with Crippen LogP contribution in [0.5, 0.6) is 5.75 Å². The molecule has 120 valence electrons. The Morgan fingerprint density at radius 2 is 2.17 bits per heavy atom. The second-order valence-corrected chi connectivity index (χ2v) is 6.13. The SMILES string of the molecule is Cc1oc(CNC(=O)[C@H]2CSc3ccccc3O2)cc1C(=O)O. The average Bonchev–Trinajstić information content (AvgIpc) is 2.93. The van der Waals surface area contributed by atoms with Crippen molar-refractivity contribution in [2.75, 3.05) is 5.75 Å². The van der Waals surface area contributed by atoms with E-state index in [-0.39, 0.29) is 18.0 Å². The van der Waals surface area contributed by atoms with Crippen molar-refractivity contribution in [2.45, 2.75) is 24.5 Å². The lowest BCUT2D eigenvalue weighted by atomic mass is 10.2. The molecule has 7 heteroatoms. The summed E-state index contributed by atoms with van der Waals surface area (Å²) < 4.78 is 11.0. The van der Waals surface area contributed by atoms with Gasteiger partial charge in [0, 0.05) is 10.6 Å². The first-order valence-electron chi connectivity index (χ1n) is 7.03. The van der Waals surface area contributed by atoms with Crippen LogP contribution in [0.1, 0.15) is 21.9 Å². The number of hydrogen-bond donors (Lipinski definition) is 2. The Hall–Kier alpha value is -2.41. The van der Waals surface area contributed by atoms with Gasteiger partial charge in [-0.05, 0) is 25.1 Å². The first kappa shape index (κ1) is 15.5. The zero-order valence-corrected chi connectivity index (χ0v) is 13.2. The zero-order chi connectivity index (χ0) is 16.4. The fourth-order valence-electron chi connectivity index (χ4n) is 2.28. The third kappa shape index (κ3) is 3.34. The second-order valence-electron chi connectivity index (χ2n) is 5.07. The van der Waals surface area contributed by atoms with E-state index in [1.54, 1.807) is 18.7 Å². The normalized spacial score (nSPS) is 16.3. The molecule has 0 saturated carbocycles. The van der Waals surface area contributed by atoms with Crippen LogP contribution in [0.15, 0.2) is 39.6 Å². The molecule has 0 aliphatic carbocycles. The number of furan rings is 1. The largest absolute Gasteiger partial charge is 0.479 e. The Bertz CT molecular complexity index is 755. The Labute approximate surface area is 136 Å². The van der Waals surface area contributed by atoms with E-state index in [1.807, 2.05) is 24.3 Å². The quantitative estimate of drug-likeness (QED) is 0.893. The minimum Gasteiger partial charge on any atom is -0.479 e. The predicted octanol–water partition coefficient (Wildman–Crippen LogP) is 2.46. The maximum absolute atomic E-state index is 12.2. The lowest BCUT2D eigenvalue weighted by molar-refractivity contribution is -0.127. The highest BCUT2D eigenvalue weighted by atomic mass is 32.2. The van der Waals surface area contributed by atoms with Gasteiger partial charge in [0.1, 0.15) is 22.8 Å². The van der Waals surface area contributed by atoms with Gasteiger partial charge >= 0.3 is 5.97 Å². The molecule has 0 fully saturated rings. The number of benzene rings is 1. The van der Waals surface area contributed by atoms with E-state index in [0.717, 1.165) is 4.90 Å². The third-order valence-electron chi connectivity index (χ3n) is 3.44. The van der Waals surface area contributed by atoms with Crippen LogP contribution in [0.3, 0.4) is 0 Å². The molecule has 1 aromatic carbocycles. The Balaban J connectivity index is 1.60. The van der Waals surface area contributed by atoms with Crippen LogP contribution in [0.4, 0.5) is 0 Å². The highest BCUT2D eigenvalue weighted by Crippen LogP contribution is 2.34. The van der Waals surface area contributed by atoms with Gasteiger partial charge in [0.25, 0.3) is 5.91 Å². The number of thioether (sulfide) groups is 1. The molecule has 2 heterocycles. The fraction of sp³-hybridized carbons (Fsp3) is 0.250. The number of carboxylic acid groups (broad SMARTS) is 1. The van der Waals surface area contributed by atoms with E-state index in [4.69, 9.17) is 14.3 Å². The predicted molar refractivity (Wildman–Crippen MR) is 83.8 cm³/mol. The summed E-state index contributed by atoms with van der Waals surface area (Å²) in [5.41, 5.74) is 0.104. The number of hydrogen-bond acceptors (Lipinski definition) is 5. The van der Waals surface area contributed by atoms with Crippen molar-refractivity contribution in [2.24, 2.45) is 0 Å². The summed E-state index contributed by atoms with van der Waals surface area (Å²) in [5.74, 6) is 0.647. The van der Waals surface area contributed by atoms with Crippen LogP contribution in [0.25, 0.3) is 0 Å². The number of nitrogens with one attached hydrogen (secondary N) is 1. The topological polar surface area (TPSA) is 88.8 Å². The van der Waals surface area contributed by atoms with Crippen LogP contribution in [-0.4, -0.2) is 28.8 Å². The lowest BCUT2D eigenvalue weighted by Crippen LogP contribution is -2.40. The minimum absolute atomic E-state index is 0.104. The summed E-state index contributed by atoms with van der Waals surface area (Å²) in [7, 11) is 0. The molecule has 0 spiro atoms. The van der Waals surface area contributed by atoms with Crippen LogP contribution in [0, 0.1) is 6.92 Å². The van der Waals surface area contributed by atoms with E-state index < -0.39 is 12.1 Å². The number of amides is 1. The summed E-state index contributed by atoms with van der Waals surface area (Å²) in [4.78, 5) is 24.2. The fourth-order valence-corrected chi connectivity index (χ4v) is 3.26. The van der Waals surface area contributed by atoms with Gasteiger partial charge in [-0.3, -0.25) is 4.79 Å². The third-order valence-corrected chi connectivity index (χ3v) is 4.55. The van der Waals surface area contributed by atoms with Crippen LogP contribution < -0.4 is 10.1 Å². The highest BCUT2D eigenvalue weighted by Gasteiger charge is 2.26. The van der Waals surface area contributed by atoms with Gasteiger partial charge in [-0.25, -0.2) is 4.79 Å². The molecule has 2 N–H and O–H groups in total. The van der Waals surface area contributed by atoms with Gasteiger partial charge < -0.3 is 19.6 Å². The van der Waals surface area contributed by atoms with Gasteiger partial charge in [-0.15, -0.1) is 11.8 Å². The number of aryl methyl sites for hydroxylation is 1. The Morgan fingerprint density at radius 3 is 2.91 bits per heavy atom. The first-order valence-corrected chi connectivity index (χ1v) is 8.02. The van der Waals surface area contributed by atoms with E-state index in [9.17, 15) is 9.59 Å². The number of carbonyl (C=O) groups is 2. The Kier molecular flexibility index (Phi) is 4.29. The number of carbonyl (C=O) groups excluding carboxylic acids is 1. The maximum atomic E-state index is 12.2. The van der Waals surface area contributed by atoms with E-state index >= 15 is 0 Å². The molecule has 0 saturated heterocycles. The number of carboxylic acids is 1. The minimum atomic E-state index is -1.05. The van der Waals surface area contributed by atoms with Crippen molar-refractivity contribution in [1.82, 2.24) is 5.32 Å².